The lowest BCUT2D eigenvalue weighted by Gasteiger charge is -2.16. The van der Waals surface area contributed by atoms with E-state index in [1.54, 1.807) is 0 Å². The molecule has 0 saturated heterocycles. The fraction of sp³-hybridized carbons (Fsp3) is 0.667. The van der Waals surface area contributed by atoms with Crippen molar-refractivity contribution in [2.24, 2.45) is 18.7 Å². The van der Waals surface area contributed by atoms with E-state index in [1.807, 2.05) is 24.7 Å². The molecule has 0 aromatic carbocycles. The van der Waals surface area contributed by atoms with Crippen LogP contribution < -0.4 is 5.73 Å². The normalized spacial score (nSPS) is 13.8. The molecule has 68 valence electrons. The summed E-state index contributed by atoms with van der Waals surface area (Å²) in [6.45, 7) is 6.22. The van der Waals surface area contributed by atoms with Crippen molar-refractivity contribution < 1.29 is 0 Å². The fourth-order valence-corrected chi connectivity index (χ4v) is 1.17. The summed E-state index contributed by atoms with van der Waals surface area (Å²) in [5, 5.41) is 0. The summed E-state index contributed by atoms with van der Waals surface area (Å²) in [5.41, 5.74) is 7.10. The average molecular weight is 167 g/mol. The van der Waals surface area contributed by atoms with E-state index in [4.69, 9.17) is 5.73 Å². The van der Waals surface area contributed by atoms with Crippen LogP contribution in [-0.2, 0) is 7.05 Å². The van der Waals surface area contributed by atoms with E-state index in [9.17, 15) is 0 Å². The van der Waals surface area contributed by atoms with Gasteiger partial charge in [0.15, 0.2) is 0 Å². The Labute approximate surface area is 73.6 Å². The maximum atomic E-state index is 5.99. The molecule has 0 aliphatic heterocycles. The predicted octanol–water partition coefficient (Wildman–Crippen LogP) is 1.38. The molecule has 1 atom stereocenters. The van der Waals surface area contributed by atoms with Crippen LogP contribution in [0.15, 0.2) is 6.20 Å². The second-order valence-electron chi connectivity index (χ2n) is 3.56. The zero-order valence-corrected chi connectivity index (χ0v) is 8.20. The average Bonchev–Trinajstić information content (AvgIpc) is 2.32. The van der Waals surface area contributed by atoms with E-state index in [2.05, 4.69) is 18.8 Å². The standard InChI is InChI=1S/C9H17N3/c1-6(2)9(10)8-5-11-7(3)12(8)4/h5-6,9H,10H2,1-4H3. The minimum atomic E-state index is 0.0937. The van der Waals surface area contributed by atoms with E-state index < -0.39 is 0 Å². The van der Waals surface area contributed by atoms with Crippen molar-refractivity contribution in [3.8, 4) is 0 Å². The van der Waals surface area contributed by atoms with Gasteiger partial charge in [0, 0.05) is 13.1 Å². The maximum absolute atomic E-state index is 5.99. The van der Waals surface area contributed by atoms with Gasteiger partial charge in [0.1, 0.15) is 5.82 Å². The molecule has 0 spiro atoms. The molecule has 0 amide bonds. The summed E-state index contributed by atoms with van der Waals surface area (Å²) < 4.78 is 2.05. The summed E-state index contributed by atoms with van der Waals surface area (Å²) in [6, 6.07) is 0.0937. The van der Waals surface area contributed by atoms with Crippen molar-refractivity contribution >= 4 is 0 Å². The van der Waals surface area contributed by atoms with Gasteiger partial charge in [0.25, 0.3) is 0 Å². The number of hydrogen-bond donors (Lipinski definition) is 1. The van der Waals surface area contributed by atoms with Gasteiger partial charge in [-0.3, -0.25) is 0 Å². The van der Waals surface area contributed by atoms with Gasteiger partial charge in [-0.15, -0.1) is 0 Å². The quantitative estimate of drug-likeness (QED) is 0.723. The van der Waals surface area contributed by atoms with Crippen LogP contribution in [0.2, 0.25) is 0 Å². The van der Waals surface area contributed by atoms with Crippen LogP contribution in [0.4, 0.5) is 0 Å². The third kappa shape index (κ3) is 1.50. The molecule has 3 heteroatoms. The molecule has 0 aliphatic carbocycles. The van der Waals surface area contributed by atoms with Crippen LogP contribution in [-0.4, -0.2) is 9.55 Å². The SMILES string of the molecule is Cc1ncc(C(N)C(C)C)n1C. The Kier molecular flexibility index (Phi) is 2.52. The molecule has 1 aromatic heterocycles. The van der Waals surface area contributed by atoms with Gasteiger partial charge in [0.2, 0.25) is 0 Å². The first-order chi connectivity index (χ1) is 5.54. The van der Waals surface area contributed by atoms with Crippen LogP contribution in [0, 0.1) is 12.8 Å². The second-order valence-corrected chi connectivity index (χ2v) is 3.56. The number of imidazole rings is 1. The maximum Gasteiger partial charge on any atom is 0.105 e. The monoisotopic (exact) mass is 167 g/mol. The lowest BCUT2D eigenvalue weighted by atomic mass is 10.0. The highest BCUT2D eigenvalue weighted by Crippen LogP contribution is 2.18. The molecule has 2 N–H and O–H groups in total. The zero-order chi connectivity index (χ0) is 9.30. The third-order valence-corrected chi connectivity index (χ3v) is 2.32. The highest BCUT2D eigenvalue weighted by atomic mass is 15.1. The van der Waals surface area contributed by atoms with Gasteiger partial charge in [-0.25, -0.2) is 4.98 Å². The highest BCUT2D eigenvalue weighted by molar-refractivity contribution is 5.08. The van der Waals surface area contributed by atoms with Crippen LogP contribution in [0.1, 0.15) is 31.4 Å². The second kappa shape index (κ2) is 3.27. The first kappa shape index (κ1) is 9.26. The van der Waals surface area contributed by atoms with Crippen molar-refractivity contribution in [2.75, 3.05) is 0 Å². The number of hydrogen-bond acceptors (Lipinski definition) is 2. The highest BCUT2D eigenvalue weighted by Gasteiger charge is 2.14. The molecule has 0 radical (unpaired) electrons. The number of nitrogens with zero attached hydrogens (tertiary/aromatic N) is 2. The molecule has 1 rings (SSSR count). The Balaban J connectivity index is 2.95. The van der Waals surface area contributed by atoms with Gasteiger partial charge in [-0.05, 0) is 12.8 Å². The van der Waals surface area contributed by atoms with Crippen LogP contribution in [0.3, 0.4) is 0 Å². The number of aromatic nitrogens is 2. The molecule has 0 saturated carbocycles. The Hall–Kier alpha value is -0.830. The predicted molar refractivity (Wildman–Crippen MR) is 49.7 cm³/mol. The van der Waals surface area contributed by atoms with E-state index in [-0.39, 0.29) is 6.04 Å². The van der Waals surface area contributed by atoms with E-state index in [1.165, 1.54) is 0 Å². The molecule has 1 heterocycles. The molecule has 3 nitrogen and oxygen atoms in total. The Morgan fingerprint density at radius 2 is 2.08 bits per heavy atom. The summed E-state index contributed by atoms with van der Waals surface area (Å²) in [6.07, 6.45) is 1.86. The minimum absolute atomic E-state index is 0.0937. The van der Waals surface area contributed by atoms with Crippen LogP contribution in [0.5, 0.6) is 0 Å². The summed E-state index contributed by atoms with van der Waals surface area (Å²) >= 11 is 0. The van der Waals surface area contributed by atoms with Crippen molar-refractivity contribution in [2.45, 2.75) is 26.8 Å². The zero-order valence-electron chi connectivity index (χ0n) is 8.20. The molecule has 0 bridgehead atoms. The van der Waals surface area contributed by atoms with Crippen LogP contribution >= 0.6 is 0 Å². The van der Waals surface area contributed by atoms with E-state index in [0.717, 1.165) is 11.5 Å². The topological polar surface area (TPSA) is 43.8 Å². The molecule has 12 heavy (non-hydrogen) atoms. The minimum Gasteiger partial charge on any atom is -0.334 e. The molecular formula is C9H17N3. The molecule has 0 aliphatic rings. The third-order valence-electron chi connectivity index (χ3n) is 2.32. The van der Waals surface area contributed by atoms with Crippen molar-refractivity contribution in [1.29, 1.82) is 0 Å². The van der Waals surface area contributed by atoms with Crippen molar-refractivity contribution in [1.82, 2.24) is 9.55 Å². The Bertz CT molecular complexity index is 263. The van der Waals surface area contributed by atoms with Crippen molar-refractivity contribution in [3.63, 3.8) is 0 Å². The first-order valence-corrected chi connectivity index (χ1v) is 4.27. The molecule has 0 fully saturated rings. The van der Waals surface area contributed by atoms with Gasteiger partial charge in [-0.1, -0.05) is 13.8 Å². The summed E-state index contributed by atoms with van der Waals surface area (Å²) in [4.78, 5) is 4.20. The molecular weight excluding hydrogens is 150 g/mol. The Morgan fingerprint density at radius 1 is 1.50 bits per heavy atom. The van der Waals surface area contributed by atoms with Crippen LogP contribution in [0.25, 0.3) is 0 Å². The number of rotatable bonds is 2. The smallest absolute Gasteiger partial charge is 0.105 e. The number of aryl methyl sites for hydroxylation is 1. The molecule has 1 aromatic rings. The summed E-state index contributed by atoms with van der Waals surface area (Å²) in [5.74, 6) is 1.47. The lowest BCUT2D eigenvalue weighted by molar-refractivity contribution is 0.488. The fourth-order valence-electron chi connectivity index (χ4n) is 1.17. The number of nitrogens with two attached hydrogens (primary N) is 1. The van der Waals surface area contributed by atoms with Gasteiger partial charge < -0.3 is 10.3 Å². The lowest BCUT2D eigenvalue weighted by Crippen LogP contribution is -2.19. The van der Waals surface area contributed by atoms with Crippen molar-refractivity contribution in [3.05, 3.63) is 17.7 Å². The van der Waals surface area contributed by atoms with Gasteiger partial charge >= 0.3 is 0 Å². The largest absolute Gasteiger partial charge is 0.334 e. The van der Waals surface area contributed by atoms with Gasteiger partial charge in [0.05, 0.1) is 11.9 Å². The Morgan fingerprint density at radius 3 is 2.42 bits per heavy atom. The van der Waals surface area contributed by atoms with E-state index in [0.29, 0.717) is 5.92 Å². The summed E-state index contributed by atoms with van der Waals surface area (Å²) in [7, 11) is 2.00. The molecule has 1 unspecified atom stereocenters. The first-order valence-electron chi connectivity index (χ1n) is 4.27. The van der Waals surface area contributed by atoms with Gasteiger partial charge in [-0.2, -0.15) is 0 Å². The van der Waals surface area contributed by atoms with E-state index >= 15 is 0 Å².